The molecule has 0 rings (SSSR count). The molecular formula is C4H9NaO3S. The van der Waals surface area contributed by atoms with Crippen molar-refractivity contribution in [2.45, 2.75) is 13.8 Å². The van der Waals surface area contributed by atoms with Gasteiger partial charge in [-0.25, -0.2) is 0 Å². The Balaban J connectivity index is -0.000000245. The second kappa shape index (κ2) is 4.46. The minimum absolute atomic E-state index is 0. The molecule has 0 aliphatic carbocycles. The maximum absolute atomic E-state index is 10.0. The summed E-state index contributed by atoms with van der Waals surface area (Å²) in [5.74, 6) is 0. The molecule has 0 aromatic carbocycles. The minimum atomic E-state index is -3.89. The van der Waals surface area contributed by atoms with Crippen molar-refractivity contribution in [3.05, 3.63) is 11.0 Å². The third-order valence-corrected chi connectivity index (χ3v) is 1.86. The standard InChI is InChI=1S/C4H8O3S.Na.H/c1-3-4(2)8(5,6)7;;/h3H,1-2H3,(H,5,6,7);;/q;+1;-1. The van der Waals surface area contributed by atoms with Gasteiger partial charge in [-0.15, -0.1) is 0 Å². The Morgan fingerprint density at radius 1 is 1.67 bits per heavy atom. The van der Waals surface area contributed by atoms with Gasteiger partial charge in [0, 0.05) is 0 Å². The van der Waals surface area contributed by atoms with Gasteiger partial charge in [0.15, 0.2) is 0 Å². The SMILES string of the molecule is CC=C(C)S(=O)(=O)O.[H-].[Na+]. The summed E-state index contributed by atoms with van der Waals surface area (Å²) in [6.07, 6.45) is 1.33. The first-order valence-corrected chi connectivity index (χ1v) is 3.53. The zero-order valence-electron chi connectivity index (χ0n) is 6.75. The van der Waals surface area contributed by atoms with E-state index in [2.05, 4.69) is 0 Å². The Hall–Kier alpha value is 0.650. The average Bonchev–Trinajstić information content (AvgIpc) is 1.62. The van der Waals surface area contributed by atoms with Crippen molar-refractivity contribution in [3.8, 4) is 0 Å². The smallest absolute Gasteiger partial charge is 1.00 e. The molecule has 1 N–H and O–H groups in total. The van der Waals surface area contributed by atoms with Gasteiger partial charge in [0.05, 0.1) is 4.91 Å². The van der Waals surface area contributed by atoms with Crippen molar-refractivity contribution >= 4 is 10.1 Å². The first kappa shape index (κ1) is 12.3. The molecule has 0 bridgehead atoms. The second-order valence-corrected chi connectivity index (χ2v) is 2.97. The molecule has 0 aromatic rings. The molecular weight excluding hydrogens is 151 g/mol. The van der Waals surface area contributed by atoms with Crippen molar-refractivity contribution in [3.63, 3.8) is 0 Å². The van der Waals surface area contributed by atoms with Crippen LogP contribution in [-0.2, 0) is 10.1 Å². The molecule has 0 fully saturated rings. The van der Waals surface area contributed by atoms with Gasteiger partial charge in [0.25, 0.3) is 10.1 Å². The van der Waals surface area contributed by atoms with Crippen LogP contribution in [0.25, 0.3) is 0 Å². The Bertz CT molecular complexity index is 197. The zero-order valence-corrected chi connectivity index (χ0v) is 8.57. The van der Waals surface area contributed by atoms with Gasteiger partial charge in [-0.3, -0.25) is 4.55 Å². The number of allylic oxidation sites excluding steroid dienone is 2. The fourth-order valence-electron chi connectivity index (χ4n) is 0.149. The van der Waals surface area contributed by atoms with E-state index in [0.717, 1.165) is 0 Å². The van der Waals surface area contributed by atoms with E-state index in [1.54, 1.807) is 6.92 Å². The van der Waals surface area contributed by atoms with Crippen molar-refractivity contribution < 1.29 is 44.0 Å². The van der Waals surface area contributed by atoms with Crippen molar-refractivity contribution in [1.29, 1.82) is 0 Å². The first-order valence-electron chi connectivity index (χ1n) is 2.09. The van der Waals surface area contributed by atoms with E-state index in [-0.39, 0.29) is 35.9 Å². The molecule has 0 saturated carbocycles. The summed E-state index contributed by atoms with van der Waals surface area (Å²) in [5.41, 5.74) is 0. The zero-order chi connectivity index (χ0) is 6.78. The van der Waals surface area contributed by atoms with Crippen LogP contribution in [0.3, 0.4) is 0 Å². The van der Waals surface area contributed by atoms with Gasteiger partial charge in [0.1, 0.15) is 0 Å². The third kappa shape index (κ3) is 5.11. The maximum Gasteiger partial charge on any atom is 1.00 e. The van der Waals surface area contributed by atoms with Crippen LogP contribution in [0, 0.1) is 0 Å². The predicted molar refractivity (Wildman–Crippen MR) is 32.1 cm³/mol. The summed E-state index contributed by atoms with van der Waals surface area (Å²) in [5, 5.41) is 0. The molecule has 0 unspecified atom stereocenters. The summed E-state index contributed by atoms with van der Waals surface area (Å²) in [6, 6.07) is 0. The van der Waals surface area contributed by atoms with Gasteiger partial charge in [-0.1, -0.05) is 6.08 Å². The van der Waals surface area contributed by atoms with E-state index in [4.69, 9.17) is 4.55 Å². The maximum atomic E-state index is 10.0. The summed E-state index contributed by atoms with van der Waals surface area (Å²) >= 11 is 0. The molecule has 0 radical (unpaired) electrons. The Kier molecular flexibility index (Phi) is 6.12. The quantitative estimate of drug-likeness (QED) is 0.353. The van der Waals surface area contributed by atoms with E-state index < -0.39 is 10.1 Å². The molecule has 9 heavy (non-hydrogen) atoms. The van der Waals surface area contributed by atoms with Crippen molar-refractivity contribution in [1.82, 2.24) is 0 Å². The van der Waals surface area contributed by atoms with Crippen LogP contribution in [0.4, 0.5) is 0 Å². The molecule has 3 nitrogen and oxygen atoms in total. The van der Waals surface area contributed by atoms with E-state index in [9.17, 15) is 8.42 Å². The van der Waals surface area contributed by atoms with Crippen LogP contribution < -0.4 is 29.6 Å². The third-order valence-electron chi connectivity index (χ3n) is 0.813. The van der Waals surface area contributed by atoms with Crippen LogP contribution in [0.1, 0.15) is 15.3 Å². The van der Waals surface area contributed by atoms with Gasteiger partial charge in [-0.2, -0.15) is 8.42 Å². The normalized spacial score (nSPS) is 12.6. The fraction of sp³-hybridized carbons (Fsp3) is 0.500. The Labute approximate surface area is 78.7 Å². The van der Waals surface area contributed by atoms with Crippen LogP contribution in [0.15, 0.2) is 11.0 Å². The topological polar surface area (TPSA) is 54.4 Å². The minimum Gasteiger partial charge on any atom is -1.00 e. The van der Waals surface area contributed by atoms with Crippen LogP contribution in [0.5, 0.6) is 0 Å². The predicted octanol–water partition coefficient (Wildman–Crippen LogP) is -2.09. The largest absolute Gasteiger partial charge is 1.00 e. The van der Waals surface area contributed by atoms with E-state index in [1.807, 2.05) is 0 Å². The number of hydrogen-bond acceptors (Lipinski definition) is 2. The summed E-state index contributed by atoms with van der Waals surface area (Å²) in [7, 11) is -3.89. The summed E-state index contributed by atoms with van der Waals surface area (Å²) < 4.78 is 28.3. The molecule has 0 aromatic heterocycles. The molecule has 0 saturated heterocycles. The van der Waals surface area contributed by atoms with Crippen LogP contribution in [0.2, 0.25) is 0 Å². The van der Waals surface area contributed by atoms with E-state index in [1.165, 1.54) is 13.0 Å². The molecule has 0 aliphatic heterocycles. The van der Waals surface area contributed by atoms with Gasteiger partial charge in [-0.05, 0) is 13.8 Å². The number of rotatable bonds is 1. The average molecular weight is 160 g/mol. The van der Waals surface area contributed by atoms with Gasteiger partial charge >= 0.3 is 29.6 Å². The Morgan fingerprint density at radius 2 is 2.00 bits per heavy atom. The van der Waals surface area contributed by atoms with Crippen LogP contribution in [-0.4, -0.2) is 13.0 Å². The van der Waals surface area contributed by atoms with Gasteiger partial charge < -0.3 is 1.43 Å². The molecule has 5 heteroatoms. The van der Waals surface area contributed by atoms with E-state index in [0.29, 0.717) is 0 Å². The molecule has 0 heterocycles. The second-order valence-electron chi connectivity index (χ2n) is 1.37. The molecule has 0 aliphatic rings. The van der Waals surface area contributed by atoms with Crippen LogP contribution >= 0.6 is 0 Å². The van der Waals surface area contributed by atoms with Crippen molar-refractivity contribution in [2.24, 2.45) is 0 Å². The van der Waals surface area contributed by atoms with E-state index >= 15 is 0 Å². The molecule has 0 amide bonds. The Morgan fingerprint density at radius 3 is 2.00 bits per heavy atom. The summed E-state index contributed by atoms with van der Waals surface area (Å²) in [4.78, 5) is -0.0162. The first-order chi connectivity index (χ1) is 3.48. The van der Waals surface area contributed by atoms with Gasteiger partial charge in [0.2, 0.25) is 0 Å². The monoisotopic (exact) mass is 160 g/mol. The molecule has 0 spiro atoms. The fourth-order valence-corrected chi connectivity index (χ4v) is 0.447. The molecule has 50 valence electrons. The van der Waals surface area contributed by atoms with Crippen molar-refractivity contribution in [2.75, 3.05) is 0 Å². The molecule has 0 atom stereocenters. The number of hydrogen-bond donors (Lipinski definition) is 1. The summed E-state index contributed by atoms with van der Waals surface area (Å²) in [6.45, 7) is 2.87.